The molecule has 1 unspecified atom stereocenters. The van der Waals surface area contributed by atoms with Gasteiger partial charge in [0.15, 0.2) is 0 Å². The van der Waals surface area contributed by atoms with Crippen LogP contribution in [0.15, 0.2) is 0 Å². The van der Waals surface area contributed by atoms with E-state index in [1.165, 1.54) is 44.0 Å². The maximum absolute atomic E-state index is 4.41. The maximum Gasteiger partial charge on any atom is 0.00721 e. The highest BCUT2D eigenvalue weighted by atomic mass is 32.2. The highest BCUT2D eigenvalue weighted by Crippen LogP contribution is 2.15. The molecule has 0 heterocycles. The zero-order chi connectivity index (χ0) is 11.5. The third kappa shape index (κ3) is 8.47. The first kappa shape index (κ1) is 15.7. The van der Waals surface area contributed by atoms with Crippen LogP contribution in [0.4, 0.5) is 0 Å². The third-order valence-electron chi connectivity index (χ3n) is 2.75. The first-order chi connectivity index (χ1) is 7.28. The highest BCUT2D eigenvalue weighted by molar-refractivity contribution is 7.99. The largest absolute Gasteiger partial charge is 0.303 e. The first-order valence-electron chi connectivity index (χ1n) is 6.19. The molecule has 0 aliphatic heterocycles. The van der Waals surface area contributed by atoms with Crippen molar-refractivity contribution >= 4 is 24.4 Å². The minimum absolute atomic E-state index is 0.819. The van der Waals surface area contributed by atoms with Crippen LogP contribution in [0.1, 0.15) is 33.6 Å². The topological polar surface area (TPSA) is 3.24 Å². The molecule has 3 heteroatoms. The summed E-state index contributed by atoms with van der Waals surface area (Å²) < 4.78 is 0. The van der Waals surface area contributed by atoms with Gasteiger partial charge in [0.25, 0.3) is 0 Å². The molecule has 0 saturated carbocycles. The summed E-state index contributed by atoms with van der Waals surface area (Å²) in [6.45, 7) is 10.3. The first-order valence-corrected chi connectivity index (χ1v) is 7.98. The molecule has 0 radical (unpaired) electrons. The van der Waals surface area contributed by atoms with Crippen molar-refractivity contribution in [2.45, 2.75) is 33.6 Å². The number of rotatable bonds is 10. The van der Waals surface area contributed by atoms with Crippen molar-refractivity contribution in [3.05, 3.63) is 0 Å². The van der Waals surface area contributed by atoms with Gasteiger partial charge >= 0.3 is 0 Å². The van der Waals surface area contributed by atoms with Gasteiger partial charge in [0.2, 0.25) is 0 Å². The summed E-state index contributed by atoms with van der Waals surface area (Å²) >= 11 is 6.50. The summed E-state index contributed by atoms with van der Waals surface area (Å²) in [6.07, 6.45) is 2.63. The Morgan fingerprint density at radius 1 is 1.20 bits per heavy atom. The summed E-state index contributed by atoms with van der Waals surface area (Å²) in [5.41, 5.74) is 0. The number of thiol groups is 1. The Hall–Kier alpha value is 0.660. The fourth-order valence-corrected chi connectivity index (χ4v) is 3.28. The fourth-order valence-electron chi connectivity index (χ4n) is 1.62. The van der Waals surface area contributed by atoms with E-state index in [4.69, 9.17) is 0 Å². The standard InChI is InChI=1S/C12H27NS2/c1-4-7-12(10-14)11-15-9-8-13(5-2)6-3/h12,14H,4-11H2,1-3H3. The van der Waals surface area contributed by atoms with Crippen molar-refractivity contribution in [1.82, 2.24) is 4.90 Å². The van der Waals surface area contributed by atoms with E-state index in [2.05, 4.69) is 50.1 Å². The van der Waals surface area contributed by atoms with Gasteiger partial charge in [-0.3, -0.25) is 0 Å². The molecule has 0 aromatic heterocycles. The molecule has 1 nitrogen and oxygen atoms in total. The van der Waals surface area contributed by atoms with Gasteiger partial charge < -0.3 is 4.90 Å². The van der Waals surface area contributed by atoms with Crippen molar-refractivity contribution < 1.29 is 0 Å². The Morgan fingerprint density at radius 2 is 1.87 bits per heavy atom. The molecule has 92 valence electrons. The van der Waals surface area contributed by atoms with Crippen molar-refractivity contribution in [2.24, 2.45) is 5.92 Å². The molecule has 0 N–H and O–H groups in total. The smallest absolute Gasteiger partial charge is 0.00721 e. The Bertz CT molecular complexity index is 127. The van der Waals surface area contributed by atoms with Crippen LogP contribution in [0.5, 0.6) is 0 Å². The van der Waals surface area contributed by atoms with E-state index >= 15 is 0 Å². The van der Waals surface area contributed by atoms with E-state index in [0.717, 1.165) is 11.7 Å². The molecular weight excluding hydrogens is 222 g/mol. The third-order valence-corrected chi connectivity index (χ3v) is 4.45. The summed E-state index contributed by atoms with van der Waals surface area (Å²) in [5, 5.41) is 0. The van der Waals surface area contributed by atoms with E-state index in [0.29, 0.717) is 0 Å². The van der Waals surface area contributed by atoms with E-state index in [1.54, 1.807) is 0 Å². The van der Waals surface area contributed by atoms with Gasteiger partial charge in [0, 0.05) is 12.3 Å². The molecule has 0 rings (SSSR count). The molecule has 15 heavy (non-hydrogen) atoms. The van der Waals surface area contributed by atoms with Crippen molar-refractivity contribution in [1.29, 1.82) is 0 Å². The average Bonchev–Trinajstić information content (AvgIpc) is 2.28. The Balaban J connectivity index is 3.42. The monoisotopic (exact) mass is 249 g/mol. The number of nitrogens with zero attached hydrogens (tertiary/aromatic N) is 1. The lowest BCUT2D eigenvalue weighted by molar-refractivity contribution is 0.324. The molecule has 0 amide bonds. The summed E-state index contributed by atoms with van der Waals surface area (Å²) in [7, 11) is 0. The van der Waals surface area contributed by atoms with Gasteiger partial charge in [-0.1, -0.05) is 27.2 Å². The number of hydrogen-bond acceptors (Lipinski definition) is 3. The van der Waals surface area contributed by atoms with Crippen LogP contribution in [0.3, 0.4) is 0 Å². The lowest BCUT2D eigenvalue weighted by Crippen LogP contribution is -2.25. The van der Waals surface area contributed by atoms with Gasteiger partial charge in [0.1, 0.15) is 0 Å². The normalized spacial score (nSPS) is 13.4. The zero-order valence-electron chi connectivity index (χ0n) is 10.5. The maximum atomic E-state index is 4.41. The Morgan fingerprint density at radius 3 is 2.33 bits per heavy atom. The van der Waals surface area contributed by atoms with Crippen molar-refractivity contribution in [3.8, 4) is 0 Å². The van der Waals surface area contributed by atoms with Crippen LogP contribution in [0.2, 0.25) is 0 Å². The molecule has 0 aromatic carbocycles. The lowest BCUT2D eigenvalue weighted by atomic mass is 10.1. The quantitative estimate of drug-likeness (QED) is 0.467. The van der Waals surface area contributed by atoms with E-state index in [1.807, 2.05) is 0 Å². The van der Waals surface area contributed by atoms with E-state index in [-0.39, 0.29) is 0 Å². The minimum atomic E-state index is 0.819. The molecule has 0 aliphatic carbocycles. The van der Waals surface area contributed by atoms with Crippen molar-refractivity contribution in [3.63, 3.8) is 0 Å². The molecule has 1 atom stereocenters. The van der Waals surface area contributed by atoms with Crippen LogP contribution in [-0.4, -0.2) is 41.8 Å². The van der Waals surface area contributed by atoms with Gasteiger partial charge in [-0.25, -0.2) is 0 Å². The second kappa shape index (κ2) is 11.2. The minimum Gasteiger partial charge on any atom is -0.303 e. The molecule has 0 aromatic rings. The molecule has 0 saturated heterocycles. The number of hydrogen-bond donors (Lipinski definition) is 1. The Labute approximate surface area is 106 Å². The average molecular weight is 249 g/mol. The van der Waals surface area contributed by atoms with Crippen molar-refractivity contribution in [2.75, 3.05) is 36.9 Å². The molecular formula is C12H27NS2. The van der Waals surface area contributed by atoms with Crippen LogP contribution in [0, 0.1) is 5.92 Å². The Kier molecular flexibility index (Phi) is 11.6. The molecule has 0 spiro atoms. The lowest BCUT2D eigenvalue weighted by Gasteiger charge is -2.18. The second-order valence-corrected chi connectivity index (χ2v) is 5.45. The highest BCUT2D eigenvalue weighted by Gasteiger charge is 2.05. The molecule has 0 aliphatic rings. The summed E-state index contributed by atoms with van der Waals surface area (Å²) in [6, 6.07) is 0. The molecule has 0 bridgehead atoms. The fraction of sp³-hybridized carbons (Fsp3) is 1.00. The van der Waals surface area contributed by atoms with Gasteiger partial charge in [-0.15, -0.1) is 0 Å². The van der Waals surface area contributed by atoms with Crippen LogP contribution in [0.25, 0.3) is 0 Å². The van der Waals surface area contributed by atoms with E-state index < -0.39 is 0 Å². The van der Waals surface area contributed by atoms with E-state index in [9.17, 15) is 0 Å². The van der Waals surface area contributed by atoms with Gasteiger partial charge in [-0.2, -0.15) is 24.4 Å². The SMILES string of the molecule is CCCC(CS)CSCCN(CC)CC. The predicted molar refractivity (Wildman–Crippen MR) is 77.4 cm³/mol. The summed E-state index contributed by atoms with van der Waals surface area (Å²) in [5.74, 6) is 4.43. The summed E-state index contributed by atoms with van der Waals surface area (Å²) in [4.78, 5) is 2.49. The van der Waals surface area contributed by atoms with Gasteiger partial charge in [-0.05, 0) is 36.9 Å². The number of thioether (sulfide) groups is 1. The predicted octanol–water partition coefficient (Wildman–Crippen LogP) is 3.41. The van der Waals surface area contributed by atoms with Crippen LogP contribution >= 0.6 is 24.4 Å². The molecule has 0 fully saturated rings. The van der Waals surface area contributed by atoms with Gasteiger partial charge in [0.05, 0.1) is 0 Å². The van der Waals surface area contributed by atoms with Crippen LogP contribution in [-0.2, 0) is 0 Å². The van der Waals surface area contributed by atoms with Crippen LogP contribution < -0.4 is 0 Å². The second-order valence-electron chi connectivity index (χ2n) is 3.94. The zero-order valence-corrected chi connectivity index (χ0v) is 12.2.